The molecule has 1 fully saturated rings. The Morgan fingerprint density at radius 3 is 2.58 bits per heavy atom. The summed E-state index contributed by atoms with van der Waals surface area (Å²) in [5.41, 5.74) is -2.94. The summed E-state index contributed by atoms with van der Waals surface area (Å²) in [5, 5.41) is 4.08. The molecular weight excluding hydrogens is 345 g/mol. The molecule has 1 aliphatic heterocycles. The highest BCUT2D eigenvalue weighted by Crippen LogP contribution is 2.38. The molecule has 1 aromatic carbocycles. The Bertz CT molecular complexity index is 803. The Kier molecular flexibility index (Phi) is 4.01. The number of hydrogen-bond acceptors (Lipinski definition) is 4. The second-order valence-corrected chi connectivity index (χ2v) is 7.86. The first kappa shape index (κ1) is 17.1. The number of oxime groups is 1. The van der Waals surface area contributed by atoms with Crippen molar-refractivity contribution in [2.24, 2.45) is 11.1 Å². The van der Waals surface area contributed by atoms with Crippen molar-refractivity contribution in [2.45, 2.75) is 44.7 Å². The van der Waals surface area contributed by atoms with Crippen LogP contribution in [0.2, 0.25) is 0 Å². The Balaban J connectivity index is 1.98. The zero-order valence-corrected chi connectivity index (χ0v) is 14.0. The highest BCUT2D eigenvalue weighted by Gasteiger charge is 2.46. The first-order valence-electron chi connectivity index (χ1n) is 7.54. The average molecular weight is 362 g/mol. The van der Waals surface area contributed by atoms with E-state index in [-0.39, 0.29) is 17.7 Å². The fraction of sp³-hybridized carbons (Fsp3) is 0.533. The molecule has 9 heteroatoms. The Morgan fingerprint density at radius 2 is 1.92 bits per heavy atom. The van der Waals surface area contributed by atoms with Crippen molar-refractivity contribution in [1.29, 1.82) is 0 Å². The molecule has 1 N–H and O–H groups in total. The van der Waals surface area contributed by atoms with Gasteiger partial charge in [-0.2, -0.15) is 21.6 Å². The molecule has 1 saturated carbocycles. The molecule has 0 spiro atoms. The topological polar surface area (TPSA) is 67.8 Å². The molecule has 0 radical (unpaired) electrons. The van der Waals surface area contributed by atoms with Crippen molar-refractivity contribution in [2.75, 3.05) is 4.72 Å². The van der Waals surface area contributed by atoms with E-state index in [0.29, 0.717) is 16.8 Å². The first-order valence-corrected chi connectivity index (χ1v) is 9.03. The van der Waals surface area contributed by atoms with Crippen molar-refractivity contribution in [1.82, 2.24) is 0 Å². The number of aryl methyl sites for hydroxylation is 2. The lowest BCUT2D eigenvalue weighted by Gasteiger charge is -2.17. The van der Waals surface area contributed by atoms with E-state index >= 15 is 0 Å². The van der Waals surface area contributed by atoms with Gasteiger partial charge in [0.1, 0.15) is 6.10 Å². The van der Waals surface area contributed by atoms with Gasteiger partial charge in [-0.05, 0) is 50.3 Å². The average Bonchev–Trinajstić information content (AvgIpc) is 3.03. The highest BCUT2D eigenvalue weighted by molar-refractivity contribution is 7.93. The largest absolute Gasteiger partial charge is 0.516 e. The number of nitrogens with zero attached hydrogens (tertiary/aromatic N) is 1. The molecule has 0 unspecified atom stereocenters. The van der Waals surface area contributed by atoms with E-state index in [2.05, 4.69) is 5.16 Å². The summed E-state index contributed by atoms with van der Waals surface area (Å²) in [5.74, 6) is 0.110. The van der Waals surface area contributed by atoms with Crippen LogP contribution in [0, 0.1) is 19.8 Å². The minimum Gasteiger partial charge on any atom is -0.392 e. The standard InChI is InChI=1S/C15H17F3N2O3S/c1-8-6-9(2)12(20-24(21,22)15(16,17)18)7-11(8)14-10-4-3-5-13(10)23-19-14/h6-7,10,13,20H,3-5H2,1-2H3/t10-,13+/m0/s1. The molecule has 1 aliphatic carbocycles. The molecule has 2 aliphatic rings. The van der Waals surface area contributed by atoms with E-state index in [1.54, 1.807) is 17.7 Å². The second-order valence-electron chi connectivity index (χ2n) is 6.19. The lowest BCUT2D eigenvalue weighted by molar-refractivity contribution is -0.0429. The molecule has 0 aromatic heterocycles. The number of sulfonamides is 1. The molecule has 0 amide bonds. The fourth-order valence-electron chi connectivity index (χ4n) is 3.25. The number of nitrogens with one attached hydrogen (secondary N) is 1. The van der Waals surface area contributed by atoms with Gasteiger partial charge in [-0.3, -0.25) is 4.72 Å². The van der Waals surface area contributed by atoms with Crippen molar-refractivity contribution < 1.29 is 26.4 Å². The van der Waals surface area contributed by atoms with Gasteiger partial charge in [-0.1, -0.05) is 11.2 Å². The maximum Gasteiger partial charge on any atom is 0.516 e. The molecule has 1 heterocycles. The van der Waals surface area contributed by atoms with Gasteiger partial charge in [-0.25, -0.2) is 0 Å². The van der Waals surface area contributed by atoms with Crippen molar-refractivity contribution in [3.05, 3.63) is 28.8 Å². The summed E-state index contributed by atoms with van der Waals surface area (Å²) in [4.78, 5) is 5.39. The zero-order chi connectivity index (χ0) is 17.7. The summed E-state index contributed by atoms with van der Waals surface area (Å²) in [6.07, 6.45) is 2.82. The molecule has 0 bridgehead atoms. The third kappa shape index (κ3) is 2.85. The summed E-state index contributed by atoms with van der Waals surface area (Å²) < 4.78 is 62.2. The van der Waals surface area contributed by atoms with E-state index < -0.39 is 15.5 Å². The molecular formula is C15H17F3N2O3S. The van der Waals surface area contributed by atoms with E-state index in [1.807, 2.05) is 6.92 Å². The predicted molar refractivity (Wildman–Crippen MR) is 83.3 cm³/mol. The highest BCUT2D eigenvalue weighted by atomic mass is 32.2. The van der Waals surface area contributed by atoms with Crippen LogP contribution in [0.4, 0.5) is 18.9 Å². The SMILES string of the molecule is Cc1cc(C)c(C2=NO[C@@H]3CCC[C@H]23)cc1NS(=O)(=O)C(F)(F)F. The molecule has 1 aromatic rings. The monoisotopic (exact) mass is 362 g/mol. The number of benzene rings is 1. The van der Waals surface area contributed by atoms with Crippen LogP contribution in [0.3, 0.4) is 0 Å². The summed E-state index contributed by atoms with van der Waals surface area (Å²) in [6, 6.07) is 3.06. The smallest absolute Gasteiger partial charge is 0.392 e. The minimum absolute atomic E-state index is 0.0102. The first-order chi connectivity index (χ1) is 11.1. The number of rotatable bonds is 3. The molecule has 132 valence electrons. The van der Waals surface area contributed by atoms with Crippen LogP contribution < -0.4 is 4.72 Å². The summed E-state index contributed by atoms with van der Waals surface area (Å²) in [7, 11) is -5.47. The van der Waals surface area contributed by atoms with Crippen LogP contribution in [-0.2, 0) is 14.9 Å². The van der Waals surface area contributed by atoms with Crippen molar-refractivity contribution in [3.63, 3.8) is 0 Å². The number of halogens is 3. The molecule has 5 nitrogen and oxygen atoms in total. The Morgan fingerprint density at radius 1 is 1.21 bits per heavy atom. The van der Waals surface area contributed by atoms with Crippen LogP contribution in [0.25, 0.3) is 0 Å². The maximum atomic E-state index is 12.6. The van der Waals surface area contributed by atoms with Gasteiger partial charge in [0.2, 0.25) is 0 Å². The molecule has 24 heavy (non-hydrogen) atoms. The number of hydrogen-bond donors (Lipinski definition) is 1. The van der Waals surface area contributed by atoms with Crippen LogP contribution >= 0.6 is 0 Å². The summed E-state index contributed by atoms with van der Waals surface area (Å²) >= 11 is 0. The number of anilines is 1. The van der Waals surface area contributed by atoms with Gasteiger partial charge >= 0.3 is 15.5 Å². The van der Waals surface area contributed by atoms with Gasteiger partial charge in [0.05, 0.1) is 11.4 Å². The second kappa shape index (κ2) is 5.65. The third-order valence-corrected chi connectivity index (χ3v) is 5.58. The van der Waals surface area contributed by atoms with Gasteiger partial charge in [0.25, 0.3) is 0 Å². The van der Waals surface area contributed by atoms with E-state index in [9.17, 15) is 21.6 Å². The van der Waals surface area contributed by atoms with Crippen LogP contribution in [0.5, 0.6) is 0 Å². The Hall–Kier alpha value is -1.77. The third-order valence-electron chi connectivity index (χ3n) is 4.49. The summed E-state index contributed by atoms with van der Waals surface area (Å²) in [6.45, 7) is 3.37. The van der Waals surface area contributed by atoms with Gasteiger partial charge < -0.3 is 4.84 Å². The Labute approximate surface area is 137 Å². The van der Waals surface area contributed by atoms with Crippen LogP contribution in [-0.4, -0.2) is 25.7 Å². The molecule has 0 saturated heterocycles. The maximum absolute atomic E-state index is 12.6. The van der Waals surface area contributed by atoms with Crippen molar-refractivity contribution in [3.8, 4) is 0 Å². The van der Waals surface area contributed by atoms with Gasteiger partial charge in [0, 0.05) is 11.5 Å². The fourth-order valence-corrected chi connectivity index (χ4v) is 3.87. The lowest BCUT2D eigenvalue weighted by Crippen LogP contribution is -2.30. The minimum atomic E-state index is -5.47. The predicted octanol–water partition coefficient (Wildman–Crippen LogP) is 3.47. The van der Waals surface area contributed by atoms with Gasteiger partial charge in [-0.15, -0.1) is 0 Å². The zero-order valence-electron chi connectivity index (χ0n) is 13.1. The number of fused-ring (bicyclic) bond motifs is 1. The van der Waals surface area contributed by atoms with Gasteiger partial charge in [0.15, 0.2) is 0 Å². The van der Waals surface area contributed by atoms with E-state index in [1.165, 1.54) is 6.07 Å². The van der Waals surface area contributed by atoms with Crippen LogP contribution in [0.1, 0.15) is 36.0 Å². The number of alkyl halides is 3. The van der Waals surface area contributed by atoms with E-state index in [0.717, 1.165) is 24.8 Å². The molecule has 2 atom stereocenters. The van der Waals surface area contributed by atoms with Crippen LogP contribution in [0.15, 0.2) is 17.3 Å². The normalized spacial score (nSPS) is 23.6. The van der Waals surface area contributed by atoms with Crippen molar-refractivity contribution >= 4 is 21.4 Å². The lowest BCUT2D eigenvalue weighted by atomic mass is 9.90. The molecule has 3 rings (SSSR count). The quantitative estimate of drug-likeness (QED) is 0.895. The van der Waals surface area contributed by atoms with E-state index in [4.69, 9.17) is 4.84 Å².